The molecule has 1 aromatic heterocycles. The lowest BCUT2D eigenvalue weighted by molar-refractivity contribution is -0.114. The number of anilines is 1. The van der Waals surface area contributed by atoms with Gasteiger partial charge in [-0.2, -0.15) is 0 Å². The van der Waals surface area contributed by atoms with Crippen molar-refractivity contribution >= 4 is 28.2 Å². The summed E-state index contributed by atoms with van der Waals surface area (Å²) in [5, 5.41) is 12.1. The molecule has 0 bridgehead atoms. The summed E-state index contributed by atoms with van der Waals surface area (Å²) in [6, 6.07) is 0. The topological polar surface area (TPSA) is 75.6 Å². The molecule has 86 valence electrons. The van der Waals surface area contributed by atoms with E-state index >= 15 is 0 Å². The third-order valence-electron chi connectivity index (χ3n) is 2.32. The van der Waals surface area contributed by atoms with Crippen LogP contribution in [0.15, 0.2) is 0 Å². The number of hydrogen-bond acceptors (Lipinski definition) is 4. The van der Waals surface area contributed by atoms with Crippen molar-refractivity contribution in [2.45, 2.75) is 20.0 Å². The van der Waals surface area contributed by atoms with Gasteiger partial charge in [-0.1, -0.05) is 0 Å². The molecule has 0 atom stereocenters. The van der Waals surface area contributed by atoms with Gasteiger partial charge in [-0.15, -0.1) is 11.3 Å². The Kier molecular flexibility index (Phi) is 2.93. The van der Waals surface area contributed by atoms with Crippen molar-refractivity contribution < 1.29 is 19.4 Å². The fourth-order valence-electron chi connectivity index (χ4n) is 1.71. The second kappa shape index (κ2) is 4.23. The van der Waals surface area contributed by atoms with Crippen LogP contribution < -0.4 is 5.32 Å². The van der Waals surface area contributed by atoms with Crippen LogP contribution in [-0.4, -0.2) is 23.6 Å². The molecule has 16 heavy (non-hydrogen) atoms. The lowest BCUT2D eigenvalue weighted by atomic mass is 10.1. The number of ether oxygens (including phenoxy) is 1. The molecule has 0 saturated heterocycles. The molecule has 0 unspecified atom stereocenters. The Morgan fingerprint density at radius 1 is 1.50 bits per heavy atom. The van der Waals surface area contributed by atoms with Crippen molar-refractivity contribution in [3.63, 3.8) is 0 Å². The lowest BCUT2D eigenvalue weighted by Crippen LogP contribution is -2.13. The normalized spacial score (nSPS) is 14.3. The molecule has 1 amide bonds. The minimum Gasteiger partial charge on any atom is -0.478 e. The number of carbonyl (C=O) groups is 2. The predicted octanol–water partition coefficient (Wildman–Crippen LogP) is 1.48. The van der Waals surface area contributed by atoms with Crippen LogP contribution in [0.25, 0.3) is 0 Å². The maximum absolute atomic E-state index is 11.2. The van der Waals surface area contributed by atoms with E-state index in [-0.39, 0.29) is 11.5 Å². The number of nitrogens with one attached hydrogen (secondary N) is 1. The van der Waals surface area contributed by atoms with E-state index in [1.165, 1.54) is 18.3 Å². The van der Waals surface area contributed by atoms with Crippen LogP contribution in [0.3, 0.4) is 0 Å². The van der Waals surface area contributed by atoms with Crippen molar-refractivity contribution in [2.24, 2.45) is 0 Å². The molecular formula is C10H11NO4S. The first-order valence-electron chi connectivity index (χ1n) is 4.82. The van der Waals surface area contributed by atoms with Gasteiger partial charge in [-0.05, 0) is 12.0 Å². The number of carboxylic acid groups (broad SMARTS) is 1. The van der Waals surface area contributed by atoms with Gasteiger partial charge >= 0.3 is 5.97 Å². The van der Waals surface area contributed by atoms with E-state index in [4.69, 9.17) is 9.84 Å². The second-order valence-corrected chi connectivity index (χ2v) is 4.60. The van der Waals surface area contributed by atoms with E-state index in [2.05, 4.69) is 5.32 Å². The van der Waals surface area contributed by atoms with E-state index in [9.17, 15) is 9.59 Å². The van der Waals surface area contributed by atoms with Gasteiger partial charge < -0.3 is 15.2 Å². The smallest absolute Gasteiger partial charge is 0.339 e. The average molecular weight is 241 g/mol. The van der Waals surface area contributed by atoms with Gasteiger partial charge in [0.15, 0.2) is 0 Å². The molecule has 0 aliphatic carbocycles. The number of rotatable bonds is 2. The summed E-state index contributed by atoms with van der Waals surface area (Å²) in [6.45, 7) is 2.32. The molecule has 0 saturated carbocycles. The average Bonchev–Trinajstić information content (AvgIpc) is 2.53. The highest BCUT2D eigenvalue weighted by molar-refractivity contribution is 7.16. The zero-order chi connectivity index (χ0) is 11.7. The highest BCUT2D eigenvalue weighted by Gasteiger charge is 2.25. The highest BCUT2D eigenvalue weighted by atomic mass is 32.1. The lowest BCUT2D eigenvalue weighted by Gasteiger charge is -2.11. The maximum Gasteiger partial charge on any atom is 0.339 e. The highest BCUT2D eigenvalue weighted by Crippen LogP contribution is 2.36. The van der Waals surface area contributed by atoms with Gasteiger partial charge in [0, 0.05) is 11.8 Å². The van der Waals surface area contributed by atoms with Gasteiger partial charge in [-0.3, -0.25) is 4.79 Å². The molecule has 0 spiro atoms. The van der Waals surface area contributed by atoms with E-state index in [1.807, 2.05) is 0 Å². The molecule has 2 rings (SSSR count). The van der Waals surface area contributed by atoms with E-state index < -0.39 is 5.97 Å². The van der Waals surface area contributed by atoms with Crippen LogP contribution in [0.5, 0.6) is 0 Å². The number of hydrogen-bond donors (Lipinski definition) is 2. The van der Waals surface area contributed by atoms with E-state index in [1.54, 1.807) is 0 Å². The number of carbonyl (C=O) groups excluding carboxylic acids is 1. The van der Waals surface area contributed by atoms with Gasteiger partial charge in [-0.25, -0.2) is 4.79 Å². The molecule has 2 heterocycles. The Hall–Kier alpha value is -1.40. The molecule has 0 fully saturated rings. The molecule has 2 N–H and O–H groups in total. The minimum absolute atomic E-state index is 0.221. The predicted molar refractivity (Wildman–Crippen MR) is 58.9 cm³/mol. The van der Waals surface area contributed by atoms with Crippen LogP contribution in [0.2, 0.25) is 0 Å². The minimum atomic E-state index is -0.997. The summed E-state index contributed by atoms with van der Waals surface area (Å²) >= 11 is 1.28. The Morgan fingerprint density at radius 3 is 2.88 bits per heavy atom. The summed E-state index contributed by atoms with van der Waals surface area (Å²) in [5.74, 6) is -1.26. The SMILES string of the molecule is CC(=O)Nc1sc2c(c1C(=O)O)CCOC2. The zero-order valence-electron chi connectivity index (χ0n) is 8.70. The number of thiophene rings is 1. The monoisotopic (exact) mass is 241 g/mol. The van der Waals surface area contributed by atoms with Gasteiger partial charge in [0.25, 0.3) is 0 Å². The van der Waals surface area contributed by atoms with Gasteiger partial charge in [0.2, 0.25) is 5.91 Å². The van der Waals surface area contributed by atoms with E-state index in [0.29, 0.717) is 24.6 Å². The van der Waals surface area contributed by atoms with Crippen molar-refractivity contribution in [1.29, 1.82) is 0 Å². The van der Waals surface area contributed by atoms with Crippen LogP contribution in [0.4, 0.5) is 5.00 Å². The molecule has 6 heteroatoms. The number of aromatic carboxylic acids is 1. The fourth-order valence-corrected chi connectivity index (χ4v) is 2.93. The van der Waals surface area contributed by atoms with Gasteiger partial charge in [0.05, 0.1) is 18.8 Å². The number of amides is 1. The maximum atomic E-state index is 11.2. The summed E-state index contributed by atoms with van der Waals surface area (Å²) in [4.78, 5) is 23.0. The standard InChI is InChI=1S/C10H11NO4S/c1-5(12)11-9-8(10(13)14)6-2-3-15-4-7(6)16-9/h2-4H2,1H3,(H,11,12)(H,13,14). The molecular weight excluding hydrogens is 230 g/mol. The Bertz CT molecular complexity index is 452. The Balaban J connectivity index is 2.47. The summed E-state index contributed by atoms with van der Waals surface area (Å²) in [7, 11) is 0. The molecule has 1 aliphatic heterocycles. The van der Waals surface area contributed by atoms with Crippen LogP contribution in [0.1, 0.15) is 27.7 Å². The largest absolute Gasteiger partial charge is 0.478 e. The molecule has 0 aromatic carbocycles. The third-order valence-corrected chi connectivity index (χ3v) is 3.44. The summed E-state index contributed by atoms with van der Waals surface area (Å²) < 4.78 is 5.25. The Labute approximate surface area is 96.0 Å². The molecule has 1 aliphatic rings. The Morgan fingerprint density at radius 2 is 2.25 bits per heavy atom. The quantitative estimate of drug-likeness (QED) is 0.822. The third kappa shape index (κ3) is 1.94. The van der Waals surface area contributed by atoms with Crippen molar-refractivity contribution in [2.75, 3.05) is 11.9 Å². The molecule has 1 aromatic rings. The van der Waals surface area contributed by atoms with Gasteiger partial charge in [0.1, 0.15) is 5.00 Å². The number of fused-ring (bicyclic) bond motifs is 1. The fraction of sp³-hybridized carbons (Fsp3) is 0.400. The zero-order valence-corrected chi connectivity index (χ0v) is 9.52. The van der Waals surface area contributed by atoms with Crippen molar-refractivity contribution in [3.05, 3.63) is 16.0 Å². The first kappa shape index (κ1) is 11.1. The first-order chi connectivity index (χ1) is 7.59. The van der Waals surface area contributed by atoms with E-state index in [0.717, 1.165) is 10.4 Å². The summed E-state index contributed by atoms with van der Waals surface area (Å²) in [5.41, 5.74) is 1.02. The summed E-state index contributed by atoms with van der Waals surface area (Å²) in [6.07, 6.45) is 0.590. The van der Waals surface area contributed by atoms with Crippen molar-refractivity contribution in [3.8, 4) is 0 Å². The second-order valence-electron chi connectivity index (χ2n) is 3.50. The number of carboxylic acids is 1. The van der Waals surface area contributed by atoms with Crippen LogP contribution in [-0.2, 0) is 22.6 Å². The van der Waals surface area contributed by atoms with Crippen molar-refractivity contribution in [1.82, 2.24) is 0 Å². The molecule has 5 nitrogen and oxygen atoms in total. The first-order valence-corrected chi connectivity index (χ1v) is 5.64. The van der Waals surface area contributed by atoms with Crippen LogP contribution >= 0.6 is 11.3 Å². The molecule has 0 radical (unpaired) electrons. The van der Waals surface area contributed by atoms with Crippen LogP contribution in [0, 0.1) is 0 Å².